The highest BCUT2D eigenvalue weighted by Crippen LogP contribution is 2.59. The summed E-state index contributed by atoms with van der Waals surface area (Å²) >= 11 is 0. The van der Waals surface area contributed by atoms with Crippen molar-refractivity contribution in [2.75, 3.05) is 19.8 Å². The lowest BCUT2D eigenvalue weighted by molar-refractivity contribution is -0.167. The maximum atomic E-state index is 14.5. The Morgan fingerprint density at radius 2 is 2.08 bits per heavy atom. The van der Waals surface area contributed by atoms with Crippen molar-refractivity contribution in [2.45, 2.75) is 57.9 Å². The third-order valence-electron chi connectivity index (χ3n) is 5.86. The van der Waals surface area contributed by atoms with Crippen molar-refractivity contribution in [3.63, 3.8) is 0 Å². The minimum atomic E-state index is -1.90. The van der Waals surface area contributed by atoms with Crippen LogP contribution in [0, 0.1) is 17.3 Å². The molecule has 0 N–H and O–H groups in total. The monoisotopic (exact) mass is 372 g/mol. The zero-order valence-electron chi connectivity index (χ0n) is 15.3. The van der Waals surface area contributed by atoms with Gasteiger partial charge >= 0.3 is 17.9 Å². The summed E-state index contributed by atoms with van der Waals surface area (Å²) < 4.78 is 35.2. The van der Waals surface area contributed by atoms with E-state index < -0.39 is 41.1 Å². The lowest BCUT2D eigenvalue weighted by atomic mass is 9.85. The van der Waals surface area contributed by atoms with Gasteiger partial charge in [0.1, 0.15) is 25.4 Å². The van der Waals surface area contributed by atoms with Gasteiger partial charge in [-0.15, -0.1) is 0 Å². The average Bonchev–Trinajstić information content (AvgIpc) is 3.15. The molecule has 7 nitrogen and oxygen atoms in total. The van der Waals surface area contributed by atoms with Crippen LogP contribution in [-0.2, 0) is 33.3 Å². The molecule has 3 aliphatic rings. The molecule has 3 rings (SSSR count). The van der Waals surface area contributed by atoms with Gasteiger partial charge < -0.3 is 18.9 Å². The number of carbonyl (C=O) groups is 3. The van der Waals surface area contributed by atoms with Crippen molar-refractivity contribution in [3.05, 3.63) is 0 Å². The number of alkyl halides is 1. The second-order valence-electron chi connectivity index (χ2n) is 7.92. The Labute approximate surface area is 151 Å². The normalized spacial score (nSPS) is 34.7. The number of halogens is 1. The van der Waals surface area contributed by atoms with E-state index >= 15 is 0 Å². The molecule has 8 heteroatoms. The van der Waals surface area contributed by atoms with Crippen LogP contribution in [0.15, 0.2) is 0 Å². The Morgan fingerprint density at radius 1 is 1.35 bits per heavy atom. The number of carbonyl (C=O) groups excluding carboxylic acids is 3. The van der Waals surface area contributed by atoms with E-state index in [0.29, 0.717) is 12.8 Å². The van der Waals surface area contributed by atoms with E-state index in [0.717, 1.165) is 0 Å². The highest BCUT2D eigenvalue weighted by atomic mass is 19.1. The van der Waals surface area contributed by atoms with E-state index in [2.05, 4.69) is 0 Å². The quantitative estimate of drug-likeness (QED) is 0.363. The van der Waals surface area contributed by atoms with Gasteiger partial charge in [0, 0.05) is 11.8 Å². The first kappa shape index (κ1) is 19.1. The molecule has 2 saturated carbocycles. The maximum Gasteiger partial charge on any atom is 0.344 e. The topological polar surface area (TPSA) is 88.1 Å². The third kappa shape index (κ3) is 3.19. The summed E-state index contributed by atoms with van der Waals surface area (Å²) in [5, 5.41) is 0. The Hall–Kier alpha value is -1.70. The first-order valence-electron chi connectivity index (χ1n) is 9.03. The Balaban J connectivity index is 1.36. The van der Waals surface area contributed by atoms with Crippen LogP contribution in [0.5, 0.6) is 0 Å². The number of esters is 3. The molecule has 26 heavy (non-hydrogen) atoms. The van der Waals surface area contributed by atoms with Crippen LogP contribution in [0.2, 0.25) is 0 Å². The van der Waals surface area contributed by atoms with Gasteiger partial charge in [0.2, 0.25) is 5.67 Å². The molecule has 1 aliphatic heterocycles. The summed E-state index contributed by atoms with van der Waals surface area (Å²) in [5.41, 5.74) is -2.45. The van der Waals surface area contributed by atoms with Crippen molar-refractivity contribution in [1.29, 1.82) is 0 Å². The summed E-state index contributed by atoms with van der Waals surface area (Å²) in [7, 11) is 0. The number of ether oxygens (including phenoxy) is 4. The SMILES string of the molecule is CCC(C)(C)C(=O)OCCOCC(=O)OC1C2CC3C1OC(=O)C3(F)C2. The Morgan fingerprint density at radius 3 is 2.77 bits per heavy atom. The van der Waals surface area contributed by atoms with Gasteiger partial charge in [0.25, 0.3) is 0 Å². The molecular formula is C18H25FO7. The zero-order chi connectivity index (χ0) is 19.1. The van der Waals surface area contributed by atoms with Gasteiger partial charge in [0.15, 0.2) is 0 Å². The van der Waals surface area contributed by atoms with Crippen molar-refractivity contribution in [3.8, 4) is 0 Å². The van der Waals surface area contributed by atoms with E-state index in [1.54, 1.807) is 13.8 Å². The Bertz CT molecular complexity index is 604. The standard InChI is InChI=1S/C18H25FO7/c1-4-17(2,3)15(21)24-6-5-23-9-12(20)25-13-10-7-11-14(13)26-16(22)18(11,19)8-10/h10-11,13-14H,4-9H2,1-3H3. The van der Waals surface area contributed by atoms with Crippen LogP contribution in [0.1, 0.15) is 40.0 Å². The molecule has 0 radical (unpaired) electrons. The molecule has 0 aromatic rings. The van der Waals surface area contributed by atoms with Crippen molar-refractivity contribution < 1.29 is 37.7 Å². The summed E-state index contributed by atoms with van der Waals surface area (Å²) in [6.07, 6.45) is -0.0831. The molecule has 1 saturated heterocycles. The van der Waals surface area contributed by atoms with Gasteiger partial charge in [-0.3, -0.25) is 4.79 Å². The van der Waals surface area contributed by atoms with Crippen molar-refractivity contribution >= 4 is 17.9 Å². The van der Waals surface area contributed by atoms with E-state index in [9.17, 15) is 18.8 Å². The minimum absolute atomic E-state index is 0.0499. The lowest BCUT2D eigenvalue weighted by Crippen LogP contribution is -2.42. The second kappa shape index (κ2) is 6.79. The highest BCUT2D eigenvalue weighted by Gasteiger charge is 2.72. The Kier molecular flexibility index (Phi) is 4.98. The highest BCUT2D eigenvalue weighted by molar-refractivity contribution is 5.84. The molecule has 3 fully saturated rings. The first-order valence-corrected chi connectivity index (χ1v) is 9.03. The van der Waals surface area contributed by atoms with E-state index in [1.807, 2.05) is 6.92 Å². The first-order chi connectivity index (χ1) is 12.2. The molecular weight excluding hydrogens is 347 g/mol. The fraction of sp³-hybridized carbons (Fsp3) is 0.833. The number of rotatable bonds is 8. The minimum Gasteiger partial charge on any atom is -0.463 e. The van der Waals surface area contributed by atoms with E-state index in [4.69, 9.17) is 18.9 Å². The van der Waals surface area contributed by atoms with Crippen molar-refractivity contribution in [1.82, 2.24) is 0 Å². The number of hydrogen-bond acceptors (Lipinski definition) is 7. The predicted octanol–water partition coefficient (Wildman–Crippen LogP) is 1.57. The van der Waals surface area contributed by atoms with Gasteiger partial charge in [0.05, 0.1) is 12.0 Å². The van der Waals surface area contributed by atoms with Crippen LogP contribution in [0.25, 0.3) is 0 Å². The zero-order valence-corrected chi connectivity index (χ0v) is 15.3. The molecule has 2 bridgehead atoms. The molecule has 1 heterocycles. The van der Waals surface area contributed by atoms with Crippen LogP contribution in [0.3, 0.4) is 0 Å². The predicted molar refractivity (Wildman–Crippen MR) is 85.7 cm³/mol. The fourth-order valence-corrected chi connectivity index (χ4v) is 3.91. The number of hydrogen-bond donors (Lipinski definition) is 0. The van der Waals surface area contributed by atoms with Crippen molar-refractivity contribution in [2.24, 2.45) is 17.3 Å². The lowest BCUT2D eigenvalue weighted by Gasteiger charge is -2.27. The van der Waals surface area contributed by atoms with Gasteiger partial charge in [-0.1, -0.05) is 6.92 Å². The fourth-order valence-electron chi connectivity index (χ4n) is 3.91. The number of fused-ring (bicyclic) bond motifs is 1. The van der Waals surface area contributed by atoms with Crippen LogP contribution < -0.4 is 0 Å². The maximum absolute atomic E-state index is 14.5. The van der Waals surface area contributed by atoms with Crippen LogP contribution >= 0.6 is 0 Å². The smallest absolute Gasteiger partial charge is 0.344 e. The molecule has 2 aliphatic carbocycles. The summed E-state index contributed by atoms with van der Waals surface area (Å²) in [6.45, 7) is 5.31. The largest absolute Gasteiger partial charge is 0.463 e. The molecule has 0 aromatic heterocycles. The molecule has 0 aromatic carbocycles. The van der Waals surface area contributed by atoms with E-state index in [1.165, 1.54) is 0 Å². The van der Waals surface area contributed by atoms with Crippen LogP contribution in [0.4, 0.5) is 4.39 Å². The van der Waals surface area contributed by atoms with Gasteiger partial charge in [-0.2, -0.15) is 0 Å². The van der Waals surface area contributed by atoms with Crippen LogP contribution in [-0.4, -0.2) is 55.6 Å². The molecule has 0 spiro atoms. The summed E-state index contributed by atoms with van der Waals surface area (Å²) in [4.78, 5) is 35.3. The average molecular weight is 372 g/mol. The van der Waals surface area contributed by atoms with Gasteiger partial charge in [-0.05, 0) is 33.1 Å². The molecule has 0 amide bonds. The molecule has 5 atom stereocenters. The third-order valence-corrected chi connectivity index (χ3v) is 5.86. The van der Waals surface area contributed by atoms with E-state index in [-0.39, 0.29) is 38.1 Å². The summed E-state index contributed by atoms with van der Waals surface area (Å²) in [5.74, 6) is -2.45. The molecule has 5 unspecified atom stereocenters. The van der Waals surface area contributed by atoms with Gasteiger partial charge in [-0.25, -0.2) is 14.0 Å². The second-order valence-corrected chi connectivity index (χ2v) is 7.92. The molecule has 146 valence electrons. The summed E-state index contributed by atoms with van der Waals surface area (Å²) in [6, 6.07) is 0.